The van der Waals surface area contributed by atoms with Crippen LogP contribution in [0.5, 0.6) is 0 Å². The van der Waals surface area contributed by atoms with Crippen LogP contribution in [0.4, 0.5) is 0 Å². The summed E-state index contributed by atoms with van der Waals surface area (Å²) < 4.78 is 22.8. The number of carbonyl (C=O) groups excluding carboxylic acids is 1. The lowest BCUT2D eigenvalue weighted by Gasteiger charge is -2.39. The Morgan fingerprint density at radius 2 is 1.05 bits per heavy atom. The van der Waals surface area contributed by atoms with Gasteiger partial charge in [-0.05, 0) is 44.9 Å². The number of hydrogen-bond donors (Lipinski definition) is 4. The first kappa shape index (κ1) is 51.7. The van der Waals surface area contributed by atoms with Gasteiger partial charge in [-0.15, -0.1) is 0 Å². The Kier molecular flexibility index (Phi) is 35.9. The zero-order valence-corrected chi connectivity index (χ0v) is 35.4. The Bertz CT molecular complexity index is 895. The minimum absolute atomic E-state index is 0.111. The molecule has 0 amide bonds. The van der Waals surface area contributed by atoms with Gasteiger partial charge in [0, 0.05) is 13.0 Å². The van der Waals surface area contributed by atoms with Gasteiger partial charge >= 0.3 is 5.97 Å². The van der Waals surface area contributed by atoms with Crippen LogP contribution in [0.1, 0.15) is 200 Å². The molecule has 1 aliphatic rings. The lowest BCUT2D eigenvalue weighted by molar-refractivity contribution is -0.305. The molecule has 6 atom stereocenters. The molecule has 324 valence electrons. The van der Waals surface area contributed by atoms with Gasteiger partial charge in [0.2, 0.25) is 0 Å². The third kappa shape index (κ3) is 29.5. The molecule has 0 aromatic rings. The van der Waals surface area contributed by atoms with E-state index in [2.05, 4.69) is 38.2 Å². The summed E-state index contributed by atoms with van der Waals surface area (Å²) in [7, 11) is 0. The molecule has 1 fully saturated rings. The molecule has 1 rings (SSSR count). The number of aliphatic hydroxyl groups is 4. The Morgan fingerprint density at radius 3 is 1.56 bits per heavy atom. The Labute approximate surface area is 337 Å². The third-order valence-electron chi connectivity index (χ3n) is 10.6. The van der Waals surface area contributed by atoms with Crippen LogP contribution in [-0.2, 0) is 23.7 Å². The molecule has 0 bridgehead atoms. The van der Waals surface area contributed by atoms with E-state index < -0.39 is 43.4 Å². The number of ether oxygens (including phenoxy) is 4. The Balaban J connectivity index is 2.19. The van der Waals surface area contributed by atoms with E-state index in [1.165, 1.54) is 141 Å². The standard InChI is InChI=1S/C46H86O9/c1-3-5-7-9-11-13-15-16-17-18-19-20-21-22-23-24-25-26-28-30-32-34-36-52-38-40(39-53-46-45(51)44(50)43(49)41(37-47)55-46)54-42(48)35-33-31-29-27-14-12-10-8-6-4-2/h15-16,18-19,40-41,43-47,49-51H,3-14,17,20-39H2,1-2H3/b16-15-,19-18-. The highest BCUT2D eigenvalue weighted by Gasteiger charge is 2.44. The van der Waals surface area contributed by atoms with E-state index in [1.54, 1.807) is 0 Å². The predicted octanol–water partition coefficient (Wildman–Crippen LogP) is 10.2. The van der Waals surface area contributed by atoms with Crippen LogP contribution >= 0.6 is 0 Å². The fourth-order valence-corrected chi connectivity index (χ4v) is 6.99. The van der Waals surface area contributed by atoms with Gasteiger partial charge in [0.25, 0.3) is 0 Å². The van der Waals surface area contributed by atoms with Crippen LogP contribution in [-0.4, -0.2) is 89.6 Å². The van der Waals surface area contributed by atoms with Gasteiger partial charge in [-0.2, -0.15) is 0 Å². The first-order valence-electron chi connectivity index (χ1n) is 22.9. The zero-order chi connectivity index (χ0) is 40.0. The van der Waals surface area contributed by atoms with Crippen molar-refractivity contribution in [2.24, 2.45) is 0 Å². The van der Waals surface area contributed by atoms with Crippen molar-refractivity contribution in [1.29, 1.82) is 0 Å². The summed E-state index contributed by atoms with van der Waals surface area (Å²) in [6.07, 6.45) is 36.4. The maximum atomic E-state index is 12.7. The SMILES string of the molecule is CCCCCCC/C=C\C/C=C\CCCCCCCCCCCCOCC(COC1OC(CO)C(O)C(O)C1O)OC(=O)CCCCCCCCCCCC. The highest BCUT2D eigenvalue weighted by molar-refractivity contribution is 5.69. The highest BCUT2D eigenvalue weighted by Crippen LogP contribution is 2.22. The van der Waals surface area contributed by atoms with Crippen molar-refractivity contribution in [3.63, 3.8) is 0 Å². The molecule has 55 heavy (non-hydrogen) atoms. The zero-order valence-electron chi connectivity index (χ0n) is 35.4. The maximum Gasteiger partial charge on any atom is 0.306 e. The molecule has 0 aromatic heterocycles. The fraction of sp³-hybridized carbons (Fsp3) is 0.891. The largest absolute Gasteiger partial charge is 0.457 e. The van der Waals surface area contributed by atoms with Crippen molar-refractivity contribution in [2.75, 3.05) is 26.4 Å². The molecule has 6 unspecified atom stereocenters. The maximum absolute atomic E-state index is 12.7. The lowest BCUT2D eigenvalue weighted by atomic mass is 9.99. The van der Waals surface area contributed by atoms with Gasteiger partial charge in [-0.3, -0.25) is 4.79 Å². The summed E-state index contributed by atoms with van der Waals surface area (Å²) in [5.41, 5.74) is 0. The topological polar surface area (TPSA) is 135 Å². The van der Waals surface area contributed by atoms with Crippen molar-refractivity contribution in [3.05, 3.63) is 24.3 Å². The molecule has 1 aliphatic heterocycles. The molecular weight excluding hydrogens is 696 g/mol. The van der Waals surface area contributed by atoms with Gasteiger partial charge in [0.1, 0.15) is 30.5 Å². The number of carbonyl (C=O) groups is 1. The van der Waals surface area contributed by atoms with Crippen LogP contribution in [0.15, 0.2) is 24.3 Å². The smallest absolute Gasteiger partial charge is 0.306 e. The minimum atomic E-state index is -1.53. The second-order valence-corrected chi connectivity index (χ2v) is 15.9. The van der Waals surface area contributed by atoms with E-state index >= 15 is 0 Å². The molecule has 0 aliphatic carbocycles. The van der Waals surface area contributed by atoms with Crippen LogP contribution < -0.4 is 0 Å². The molecule has 0 radical (unpaired) electrons. The summed E-state index contributed by atoms with van der Waals surface area (Å²) in [4.78, 5) is 12.7. The first-order valence-corrected chi connectivity index (χ1v) is 22.9. The molecule has 9 heteroatoms. The first-order chi connectivity index (χ1) is 26.9. The third-order valence-corrected chi connectivity index (χ3v) is 10.6. The second-order valence-electron chi connectivity index (χ2n) is 15.9. The average Bonchev–Trinajstić information content (AvgIpc) is 3.18. The normalized spacial score (nSPS) is 20.9. The molecule has 0 spiro atoms. The summed E-state index contributed by atoms with van der Waals surface area (Å²) in [6.45, 7) is 4.54. The van der Waals surface area contributed by atoms with Crippen LogP contribution in [0.2, 0.25) is 0 Å². The molecule has 4 N–H and O–H groups in total. The van der Waals surface area contributed by atoms with Gasteiger partial charge in [-0.1, -0.05) is 173 Å². The monoisotopic (exact) mass is 783 g/mol. The van der Waals surface area contributed by atoms with E-state index in [4.69, 9.17) is 18.9 Å². The molecular formula is C46H86O9. The Hall–Kier alpha value is -1.33. The van der Waals surface area contributed by atoms with Crippen molar-refractivity contribution >= 4 is 5.97 Å². The van der Waals surface area contributed by atoms with Crippen LogP contribution in [0.3, 0.4) is 0 Å². The minimum Gasteiger partial charge on any atom is -0.457 e. The number of esters is 1. The fourth-order valence-electron chi connectivity index (χ4n) is 6.99. The van der Waals surface area contributed by atoms with Gasteiger partial charge in [-0.25, -0.2) is 0 Å². The molecule has 1 heterocycles. The second kappa shape index (κ2) is 38.2. The molecule has 0 aromatic carbocycles. The number of allylic oxidation sites excluding steroid dienone is 4. The van der Waals surface area contributed by atoms with Gasteiger partial charge in [0.15, 0.2) is 6.29 Å². The van der Waals surface area contributed by atoms with Gasteiger partial charge < -0.3 is 39.4 Å². The highest BCUT2D eigenvalue weighted by atomic mass is 16.7. The summed E-state index contributed by atoms with van der Waals surface area (Å²) in [5, 5.41) is 40.0. The van der Waals surface area contributed by atoms with Crippen molar-refractivity contribution < 1.29 is 44.2 Å². The number of unbranched alkanes of at least 4 members (excludes halogenated alkanes) is 24. The van der Waals surface area contributed by atoms with E-state index in [1.807, 2.05) is 0 Å². The summed E-state index contributed by atoms with van der Waals surface area (Å²) >= 11 is 0. The van der Waals surface area contributed by atoms with E-state index in [-0.39, 0.29) is 19.2 Å². The van der Waals surface area contributed by atoms with Crippen molar-refractivity contribution in [1.82, 2.24) is 0 Å². The summed E-state index contributed by atoms with van der Waals surface area (Å²) in [5.74, 6) is -0.315. The number of hydrogen-bond acceptors (Lipinski definition) is 9. The van der Waals surface area contributed by atoms with Crippen molar-refractivity contribution in [2.45, 2.75) is 237 Å². The number of aliphatic hydroxyl groups excluding tert-OH is 4. The summed E-state index contributed by atoms with van der Waals surface area (Å²) in [6, 6.07) is 0. The predicted molar refractivity (Wildman–Crippen MR) is 224 cm³/mol. The number of rotatable bonds is 39. The van der Waals surface area contributed by atoms with Crippen LogP contribution in [0.25, 0.3) is 0 Å². The van der Waals surface area contributed by atoms with E-state index in [0.29, 0.717) is 13.0 Å². The lowest BCUT2D eigenvalue weighted by Crippen LogP contribution is -2.59. The molecule has 1 saturated heterocycles. The van der Waals surface area contributed by atoms with Crippen LogP contribution in [0, 0.1) is 0 Å². The van der Waals surface area contributed by atoms with Gasteiger partial charge in [0.05, 0.1) is 19.8 Å². The average molecular weight is 783 g/mol. The van der Waals surface area contributed by atoms with E-state index in [0.717, 1.165) is 38.5 Å². The molecule has 9 nitrogen and oxygen atoms in total. The van der Waals surface area contributed by atoms with E-state index in [9.17, 15) is 25.2 Å². The Morgan fingerprint density at radius 1 is 0.582 bits per heavy atom. The van der Waals surface area contributed by atoms with Crippen molar-refractivity contribution in [3.8, 4) is 0 Å². The molecule has 0 saturated carbocycles. The quantitative estimate of drug-likeness (QED) is 0.0273.